The summed E-state index contributed by atoms with van der Waals surface area (Å²) in [4.78, 5) is 7.37. The van der Waals surface area contributed by atoms with Gasteiger partial charge in [-0.1, -0.05) is 24.3 Å². The Hall–Kier alpha value is -3.85. The van der Waals surface area contributed by atoms with Crippen molar-refractivity contribution < 1.29 is 4.98 Å². The van der Waals surface area contributed by atoms with E-state index in [9.17, 15) is 0 Å². The van der Waals surface area contributed by atoms with Crippen molar-refractivity contribution in [2.75, 3.05) is 11.1 Å². The Morgan fingerprint density at radius 3 is 2.40 bits per heavy atom. The number of anilines is 2. The lowest BCUT2D eigenvalue weighted by molar-refractivity contribution is -0.361. The number of para-hydroxylation sites is 1. The fourth-order valence-corrected chi connectivity index (χ4v) is 2.33. The Morgan fingerprint density at radius 1 is 1.00 bits per heavy atom. The molecule has 1 heterocycles. The lowest BCUT2D eigenvalue weighted by atomic mass is 10.1. The van der Waals surface area contributed by atoms with Gasteiger partial charge in [0.05, 0.1) is 17.4 Å². The number of nitrogens with two attached hydrogens (primary N) is 2. The molecule has 6 N–H and O–H groups in total. The zero-order chi connectivity index (χ0) is 17.6. The SMILES string of the molecule is N#Cc1ccccc1NC(N)=Nc1ccc(-c2ccc(N)cc2)c[nH+]1. The molecule has 0 radical (unpaired) electrons. The van der Waals surface area contributed by atoms with Crippen LogP contribution in [0.5, 0.6) is 0 Å². The highest BCUT2D eigenvalue weighted by Gasteiger charge is 2.08. The largest absolute Gasteiger partial charge is 0.399 e. The molecule has 3 rings (SSSR count). The summed E-state index contributed by atoms with van der Waals surface area (Å²) in [5, 5.41) is 12.0. The number of hydrogen-bond acceptors (Lipinski definition) is 3. The van der Waals surface area contributed by atoms with Crippen molar-refractivity contribution in [2.45, 2.75) is 0 Å². The first kappa shape index (κ1) is 16.0. The number of nitriles is 1. The van der Waals surface area contributed by atoms with Crippen LogP contribution in [-0.4, -0.2) is 5.96 Å². The van der Waals surface area contributed by atoms with Crippen LogP contribution in [-0.2, 0) is 0 Å². The molecule has 0 unspecified atom stereocenters. The number of guanidine groups is 1. The highest BCUT2D eigenvalue weighted by molar-refractivity contribution is 5.94. The van der Waals surface area contributed by atoms with Crippen LogP contribution in [0, 0.1) is 11.3 Å². The van der Waals surface area contributed by atoms with Crippen molar-refractivity contribution in [1.29, 1.82) is 5.26 Å². The van der Waals surface area contributed by atoms with Crippen LogP contribution < -0.4 is 21.8 Å². The average Bonchev–Trinajstić information content (AvgIpc) is 2.63. The van der Waals surface area contributed by atoms with Crippen molar-refractivity contribution in [1.82, 2.24) is 0 Å². The van der Waals surface area contributed by atoms with E-state index < -0.39 is 0 Å². The second-order valence-corrected chi connectivity index (χ2v) is 5.36. The Balaban J connectivity index is 1.77. The van der Waals surface area contributed by atoms with Crippen molar-refractivity contribution in [2.24, 2.45) is 10.7 Å². The van der Waals surface area contributed by atoms with E-state index in [4.69, 9.17) is 16.7 Å². The van der Waals surface area contributed by atoms with Crippen LogP contribution in [0.1, 0.15) is 5.56 Å². The number of hydrogen-bond donors (Lipinski definition) is 3. The van der Waals surface area contributed by atoms with Crippen LogP contribution >= 0.6 is 0 Å². The van der Waals surface area contributed by atoms with Gasteiger partial charge in [-0.2, -0.15) is 5.26 Å². The van der Waals surface area contributed by atoms with Gasteiger partial charge >= 0.3 is 11.8 Å². The maximum absolute atomic E-state index is 9.09. The molecule has 122 valence electrons. The van der Waals surface area contributed by atoms with Crippen molar-refractivity contribution in [3.8, 4) is 17.2 Å². The average molecular weight is 329 g/mol. The third-order valence-corrected chi connectivity index (χ3v) is 3.59. The minimum absolute atomic E-state index is 0.194. The zero-order valence-electron chi connectivity index (χ0n) is 13.4. The number of aliphatic imine (C=N–C) groups is 1. The Labute approximate surface area is 145 Å². The fraction of sp³-hybridized carbons (Fsp3) is 0. The summed E-state index contributed by atoms with van der Waals surface area (Å²) >= 11 is 0. The third kappa shape index (κ3) is 3.92. The topological polar surface area (TPSA) is 114 Å². The minimum atomic E-state index is 0.194. The molecule has 0 saturated carbocycles. The number of H-pyrrole nitrogens is 1. The molecule has 1 aromatic heterocycles. The van der Waals surface area contributed by atoms with Crippen LogP contribution in [0.4, 0.5) is 17.2 Å². The highest BCUT2D eigenvalue weighted by atomic mass is 15.1. The summed E-state index contributed by atoms with van der Waals surface area (Å²) < 4.78 is 0. The normalized spacial score (nSPS) is 10.9. The number of rotatable bonds is 3. The first-order valence-corrected chi connectivity index (χ1v) is 7.63. The fourth-order valence-electron chi connectivity index (χ4n) is 2.33. The van der Waals surface area contributed by atoms with Crippen LogP contribution in [0.25, 0.3) is 11.1 Å². The van der Waals surface area contributed by atoms with Gasteiger partial charge in [-0.05, 0) is 40.9 Å². The molecule has 0 aliphatic carbocycles. The molecule has 3 aromatic rings. The van der Waals surface area contributed by atoms with Crippen molar-refractivity contribution >= 4 is 23.2 Å². The molecule has 0 amide bonds. The van der Waals surface area contributed by atoms with E-state index in [0.717, 1.165) is 16.8 Å². The molecule has 0 aliphatic heterocycles. The van der Waals surface area contributed by atoms with Gasteiger partial charge < -0.3 is 16.8 Å². The van der Waals surface area contributed by atoms with Gasteiger partial charge in [-0.25, -0.2) is 4.98 Å². The molecular weight excluding hydrogens is 312 g/mol. The zero-order valence-corrected chi connectivity index (χ0v) is 13.4. The Morgan fingerprint density at radius 2 is 1.72 bits per heavy atom. The first-order chi connectivity index (χ1) is 12.2. The van der Waals surface area contributed by atoms with E-state index >= 15 is 0 Å². The van der Waals surface area contributed by atoms with E-state index in [-0.39, 0.29) is 5.96 Å². The van der Waals surface area contributed by atoms with Gasteiger partial charge in [0.15, 0.2) is 0 Å². The van der Waals surface area contributed by atoms with E-state index in [1.165, 1.54) is 0 Å². The predicted octanol–water partition coefficient (Wildman–Crippen LogP) is 2.68. The smallest absolute Gasteiger partial charge is 0.325 e. The van der Waals surface area contributed by atoms with E-state index in [1.807, 2.05) is 48.7 Å². The molecule has 2 aromatic carbocycles. The van der Waals surface area contributed by atoms with Gasteiger partial charge in [-0.3, -0.25) is 0 Å². The van der Waals surface area contributed by atoms with Crippen molar-refractivity contribution in [3.05, 3.63) is 72.4 Å². The highest BCUT2D eigenvalue weighted by Crippen LogP contribution is 2.20. The molecule has 0 aliphatic rings. The van der Waals surface area contributed by atoms with Gasteiger partial charge in [-0.15, -0.1) is 0 Å². The Kier molecular flexibility index (Phi) is 4.58. The molecule has 6 heteroatoms. The summed E-state index contributed by atoms with van der Waals surface area (Å²) in [6.45, 7) is 0. The van der Waals surface area contributed by atoms with Crippen LogP contribution in [0.3, 0.4) is 0 Å². The minimum Gasteiger partial charge on any atom is -0.399 e. The summed E-state index contributed by atoms with van der Waals surface area (Å²) in [6.07, 6.45) is 1.85. The first-order valence-electron chi connectivity index (χ1n) is 7.63. The molecule has 6 nitrogen and oxygen atoms in total. The standard InChI is InChI=1S/C19H16N6/c20-11-14-3-1-2-4-17(14)24-19(22)25-18-10-7-15(12-23-18)13-5-8-16(21)9-6-13/h1-10,12H,21H2,(H3,22,23,24,25)/p+1. The number of nitrogens with zero attached hydrogens (tertiary/aromatic N) is 2. The van der Waals surface area contributed by atoms with Crippen molar-refractivity contribution in [3.63, 3.8) is 0 Å². The number of benzene rings is 2. The molecule has 0 spiro atoms. The van der Waals surface area contributed by atoms with Gasteiger partial charge in [0.2, 0.25) is 0 Å². The van der Waals surface area contributed by atoms with Crippen LogP contribution in [0.15, 0.2) is 71.9 Å². The van der Waals surface area contributed by atoms with Gasteiger partial charge in [0, 0.05) is 17.3 Å². The van der Waals surface area contributed by atoms with Gasteiger partial charge in [0.1, 0.15) is 6.07 Å². The summed E-state index contributed by atoms with van der Waals surface area (Å²) in [7, 11) is 0. The summed E-state index contributed by atoms with van der Waals surface area (Å²) in [5.74, 6) is 0.790. The molecule has 0 atom stereocenters. The molecule has 0 saturated heterocycles. The summed E-state index contributed by atoms with van der Waals surface area (Å²) in [6, 6.07) is 20.6. The second-order valence-electron chi connectivity index (χ2n) is 5.36. The number of nitrogen functional groups attached to an aromatic ring is 1. The predicted molar refractivity (Wildman–Crippen MR) is 98.9 cm³/mol. The number of nitrogens with one attached hydrogen (secondary N) is 2. The molecule has 25 heavy (non-hydrogen) atoms. The molecule has 0 fully saturated rings. The van der Waals surface area contributed by atoms with Gasteiger partial charge in [0.25, 0.3) is 0 Å². The summed E-state index contributed by atoms with van der Waals surface area (Å²) in [5.41, 5.74) is 15.5. The van der Waals surface area contributed by atoms with E-state index in [1.54, 1.807) is 18.2 Å². The van der Waals surface area contributed by atoms with Crippen LogP contribution in [0.2, 0.25) is 0 Å². The third-order valence-electron chi connectivity index (χ3n) is 3.59. The quantitative estimate of drug-likeness (QED) is 0.389. The van der Waals surface area contributed by atoms with E-state index in [0.29, 0.717) is 17.1 Å². The monoisotopic (exact) mass is 329 g/mol. The number of aromatic amines is 1. The number of aromatic nitrogens is 1. The Bertz CT molecular complexity index is 937. The molecule has 0 bridgehead atoms. The maximum atomic E-state index is 9.09. The second kappa shape index (κ2) is 7.15. The number of pyridine rings is 1. The maximum Gasteiger partial charge on any atom is 0.325 e. The lowest BCUT2D eigenvalue weighted by Gasteiger charge is -2.03. The van der Waals surface area contributed by atoms with E-state index in [2.05, 4.69) is 21.4 Å². The lowest BCUT2D eigenvalue weighted by Crippen LogP contribution is -2.23. The molecular formula is C19H17N6+.